The van der Waals surface area contributed by atoms with Crippen LogP contribution in [0, 0.1) is 5.82 Å². The standard InChI is InChI=1S/C14H10BrClFN3/c15-9-3-1-2-8(4-9)7-20-13-6-11(17)10(16)5-12(13)19-14(20)18/h1-6H,7H2,(H2,18,19). The molecule has 0 spiro atoms. The molecule has 0 radical (unpaired) electrons. The summed E-state index contributed by atoms with van der Waals surface area (Å²) in [5.74, 6) is -0.142. The topological polar surface area (TPSA) is 43.8 Å². The molecule has 0 bridgehead atoms. The summed E-state index contributed by atoms with van der Waals surface area (Å²) in [6.45, 7) is 0.517. The van der Waals surface area contributed by atoms with Gasteiger partial charge in [0, 0.05) is 10.5 Å². The summed E-state index contributed by atoms with van der Waals surface area (Å²) in [5.41, 5.74) is 8.17. The molecule has 3 nitrogen and oxygen atoms in total. The highest BCUT2D eigenvalue weighted by Crippen LogP contribution is 2.25. The van der Waals surface area contributed by atoms with Crippen LogP contribution in [-0.4, -0.2) is 9.55 Å². The van der Waals surface area contributed by atoms with Crippen molar-refractivity contribution >= 4 is 44.5 Å². The highest BCUT2D eigenvalue weighted by molar-refractivity contribution is 9.10. The zero-order valence-electron chi connectivity index (χ0n) is 10.3. The Morgan fingerprint density at radius 3 is 2.85 bits per heavy atom. The van der Waals surface area contributed by atoms with Crippen molar-refractivity contribution in [2.45, 2.75) is 6.54 Å². The van der Waals surface area contributed by atoms with Crippen LogP contribution in [0.4, 0.5) is 10.3 Å². The van der Waals surface area contributed by atoms with Crippen LogP contribution in [0.5, 0.6) is 0 Å². The molecule has 0 saturated carbocycles. The number of aromatic nitrogens is 2. The lowest BCUT2D eigenvalue weighted by Gasteiger charge is -2.07. The number of anilines is 1. The van der Waals surface area contributed by atoms with E-state index in [4.69, 9.17) is 17.3 Å². The second kappa shape index (κ2) is 5.07. The van der Waals surface area contributed by atoms with Crippen molar-refractivity contribution in [2.24, 2.45) is 0 Å². The van der Waals surface area contributed by atoms with Crippen LogP contribution in [-0.2, 0) is 6.54 Å². The van der Waals surface area contributed by atoms with E-state index >= 15 is 0 Å². The van der Waals surface area contributed by atoms with Gasteiger partial charge < -0.3 is 10.3 Å². The maximum Gasteiger partial charge on any atom is 0.201 e. The fraction of sp³-hybridized carbons (Fsp3) is 0.0714. The summed E-state index contributed by atoms with van der Waals surface area (Å²) < 4.78 is 16.4. The Morgan fingerprint density at radius 1 is 1.30 bits per heavy atom. The van der Waals surface area contributed by atoms with Crippen molar-refractivity contribution < 1.29 is 4.39 Å². The van der Waals surface area contributed by atoms with Crippen LogP contribution in [0.2, 0.25) is 5.02 Å². The number of nitrogen functional groups attached to an aromatic ring is 1. The Morgan fingerprint density at radius 2 is 2.10 bits per heavy atom. The molecular weight excluding hydrogens is 345 g/mol. The van der Waals surface area contributed by atoms with Gasteiger partial charge in [-0.25, -0.2) is 9.37 Å². The molecule has 1 aromatic heterocycles. The number of rotatable bonds is 2. The Kier molecular flexibility index (Phi) is 3.40. The van der Waals surface area contributed by atoms with Gasteiger partial charge in [0.05, 0.1) is 22.6 Å². The van der Waals surface area contributed by atoms with E-state index in [2.05, 4.69) is 20.9 Å². The summed E-state index contributed by atoms with van der Waals surface area (Å²) in [6, 6.07) is 10.7. The predicted molar refractivity (Wildman–Crippen MR) is 82.4 cm³/mol. The Labute approximate surface area is 128 Å². The maximum absolute atomic E-state index is 13.6. The fourth-order valence-electron chi connectivity index (χ4n) is 2.12. The molecule has 102 valence electrons. The Balaban J connectivity index is 2.11. The van der Waals surface area contributed by atoms with Crippen molar-refractivity contribution in [1.82, 2.24) is 9.55 Å². The van der Waals surface area contributed by atoms with Crippen molar-refractivity contribution in [3.05, 3.63) is 57.3 Å². The van der Waals surface area contributed by atoms with Crippen LogP contribution >= 0.6 is 27.5 Å². The summed E-state index contributed by atoms with van der Waals surface area (Å²) >= 11 is 9.18. The lowest BCUT2D eigenvalue weighted by Crippen LogP contribution is -2.04. The molecule has 0 saturated heterocycles. The van der Waals surface area contributed by atoms with E-state index in [9.17, 15) is 4.39 Å². The monoisotopic (exact) mass is 353 g/mol. The minimum absolute atomic E-state index is 0.0459. The van der Waals surface area contributed by atoms with Gasteiger partial charge >= 0.3 is 0 Å². The number of imidazole rings is 1. The normalized spacial score (nSPS) is 11.2. The average Bonchev–Trinajstić information content (AvgIpc) is 2.67. The van der Waals surface area contributed by atoms with Gasteiger partial charge in [0.15, 0.2) is 0 Å². The van der Waals surface area contributed by atoms with E-state index < -0.39 is 5.82 Å². The molecule has 0 amide bonds. The maximum atomic E-state index is 13.6. The summed E-state index contributed by atoms with van der Waals surface area (Å²) in [5, 5.41) is 0.0459. The van der Waals surface area contributed by atoms with Gasteiger partial charge in [-0.2, -0.15) is 0 Å². The summed E-state index contributed by atoms with van der Waals surface area (Å²) in [4.78, 5) is 4.21. The molecule has 0 aliphatic rings. The van der Waals surface area contributed by atoms with Crippen LogP contribution in [0.15, 0.2) is 40.9 Å². The van der Waals surface area contributed by atoms with Gasteiger partial charge in [0.25, 0.3) is 0 Å². The van der Waals surface area contributed by atoms with Gasteiger partial charge in [-0.15, -0.1) is 0 Å². The number of nitrogens with zero attached hydrogens (tertiary/aromatic N) is 2. The molecule has 2 aromatic carbocycles. The second-order valence-corrected chi connectivity index (χ2v) is 5.76. The van der Waals surface area contributed by atoms with Crippen molar-refractivity contribution in [3.63, 3.8) is 0 Å². The van der Waals surface area contributed by atoms with E-state index in [0.29, 0.717) is 23.5 Å². The van der Waals surface area contributed by atoms with Gasteiger partial charge in [-0.05, 0) is 23.8 Å². The molecule has 20 heavy (non-hydrogen) atoms. The van der Waals surface area contributed by atoms with Crippen LogP contribution in [0.1, 0.15) is 5.56 Å². The van der Waals surface area contributed by atoms with E-state index in [1.54, 1.807) is 4.57 Å². The third kappa shape index (κ3) is 2.39. The smallest absolute Gasteiger partial charge is 0.201 e. The Hall–Kier alpha value is -1.59. The van der Waals surface area contributed by atoms with E-state index in [1.165, 1.54) is 12.1 Å². The first-order valence-electron chi connectivity index (χ1n) is 5.90. The lowest BCUT2D eigenvalue weighted by molar-refractivity contribution is 0.629. The summed E-state index contributed by atoms with van der Waals surface area (Å²) in [6.07, 6.45) is 0. The van der Waals surface area contributed by atoms with Crippen LogP contribution in [0.25, 0.3) is 11.0 Å². The van der Waals surface area contributed by atoms with E-state index in [0.717, 1.165) is 10.0 Å². The molecular formula is C14H10BrClFN3. The number of benzene rings is 2. The highest BCUT2D eigenvalue weighted by atomic mass is 79.9. The number of halogens is 3. The van der Waals surface area contributed by atoms with Crippen molar-refractivity contribution in [1.29, 1.82) is 0 Å². The molecule has 0 aliphatic heterocycles. The van der Waals surface area contributed by atoms with Gasteiger partial charge in [0.2, 0.25) is 5.95 Å². The average molecular weight is 355 g/mol. The molecule has 0 fully saturated rings. The number of hydrogen-bond donors (Lipinski definition) is 1. The second-order valence-electron chi connectivity index (χ2n) is 4.44. The molecule has 2 N–H and O–H groups in total. The third-order valence-electron chi connectivity index (χ3n) is 3.05. The number of hydrogen-bond acceptors (Lipinski definition) is 2. The molecule has 6 heteroatoms. The Bertz CT molecular complexity index is 800. The number of fused-ring (bicyclic) bond motifs is 1. The van der Waals surface area contributed by atoms with Gasteiger partial charge in [-0.1, -0.05) is 39.7 Å². The first-order chi connectivity index (χ1) is 9.54. The van der Waals surface area contributed by atoms with Crippen molar-refractivity contribution in [2.75, 3.05) is 5.73 Å². The predicted octanol–water partition coefficient (Wildman–Crippen LogP) is 4.22. The van der Waals surface area contributed by atoms with E-state index in [1.807, 2.05) is 24.3 Å². The molecule has 3 aromatic rings. The minimum Gasteiger partial charge on any atom is -0.369 e. The van der Waals surface area contributed by atoms with Crippen LogP contribution < -0.4 is 5.73 Å². The first kappa shape index (κ1) is 13.4. The fourth-order valence-corrected chi connectivity index (χ4v) is 2.73. The van der Waals surface area contributed by atoms with Gasteiger partial charge in [-0.3, -0.25) is 0 Å². The lowest BCUT2D eigenvalue weighted by atomic mass is 10.2. The molecule has 1 heterocycles. The quantitative estimate of drug-likeness (QED) is 0.749. The van der Waals surface area contributed by atoms with Crippen molar-refractivity contribution in [3.8, 4) is 0 Å². The van der Waals surface area contributed by atoms with E-state index in [-0.39, 0.29) is 5.02 Å². The minimum atomic E-state index is -0.477. The SMILES string of the molecule is Nc1nc2cc(Cl)c(F)cc2n1Cc1cccc(Br)c1. The van der Waals surface area contributed by atoms with Crippen LogP contribution in [0.3, 0.4) is 0 Å². The largest absolute Gasteiger partial charge is 0.369 e. The summed E-state index contributed by atoms with van der Waals surface area (Å²) in [7, 11) is 0. The zero-order chi connectivity index (χ0) is 14.3. The highest BCUT2D eigenvalue weighted by Gasteiger charge is 2.12. The third-order valence-corrected chi connectivity index (χ3v) is 3.83. The molecule has 3 rings (SSSR count). The first-order valence-corrected chi connectivity index (χ1v) is 7.07. The number of nitrogens with two attached hydrogens (primary N) is 1. The zero-order valence-corrected chi connectivity index (χ0v) is 12.6. The van der Waals surface area contributed by atoms with Gasteiger partial charge in [0.1, 0.15) is 5.82 Å². The molecule has 0 atom stereocenters. The molecule has 0 aliphatic carbocycles. The molecule has 0 unspecified atom stereocenters.